The van der Waals surface area contributed by atoms with Crippen molar-refractivity contribution in [2.24, 2.45) is 5.41 Å². The van der Waals surface area contributed by atoms with Gasteiger partial charge in [0.05, 0.1) is 4.90 Å². The Morgan fingerprint density at radius 2 is 1.60 bits per heavy atom. The van der Waals surface area contributed by atoms with Crippen molar-refractivity contribution >= 4 is 9.84 Å². The molecule has 1 rings (SSSR count). The fourth-order valence-corrected chi connectivity index (χ4v) is 2.75. The van der Waals surface area contributed by atoms with Crippen molar-refractivity contribution in [2.75, 3.05) is 0 Å². The molecule has 0 unspecified atom stereocenters. The third-order valence-electron chi connectivity index (χ3n) is 2.21. The van der Waals surface area contributed by atoms with E-state index in [1.807, 2.05) is 20.8 Å². The van der Waals surface area contributed by atoms with Crippen molar-refractivity contribution in [1.82, 2.24) is 0 Å². The van der Waals surface area contributed by atoms with Crippen LogP contribution in [0.4, 0.5) is 0 Å². The van der Waals surface area contributed by atoms with Crippen LogP contribution in [0.3, 0.4) is 0 Å². The Balaban J connectivity index is 3.22. The fraction of sp³-hybridized carbons (Fsp3) is 0.333. The van der Waals surface area contributed by atoms with Crippen LogP contribution >= 0.6 is 0 Å². The van der Waals surface area contributed by atoms with E-state index < -0.39 is 15.3 Å². The highest BCUT2D eigenvalue weighted by atomic mass is 32.2. The highest BCUT2D eigenvalue weighted by Gasteiger charge is 2.28. The van der Waals surface area contributed by atoms with E-state index in [1.54, 1.807) is 30.3 Å². The molecule has 0 radical (unpaired) electrons. The average Bonchev–Trinajstić information content (AvgIpc) is 2.16. The van der Waals surface area contributed by atoms with Gasteiger partial charge in [-0.1, -0.05) is 45.5 Å². The Labute approximate surface area is 91.6 Å². The maximum absolute atomic E-state index is 12.1. The standard InChI is InChI=1S/C12H16O2S/c1-10(12(2,3)4)15(13,14)11-8-6-5-7-9-11/h5-9H,1H2,2-4H3. The van der Waals surface area contributed by atoms with Gasteiger partial charge in [-0.05, 0) is 17.5 Å². The van der Waals surface area contributed by atoms with Crippen molar-refractivity contribution in [3.8, 4) is 0 Å². The Kier molecular flexibility index (Phi) is 3.05. The summed E-state index contributed by atoms with van der Waals surface area (Å²) in [6.45, 7) is 9.22. The molecule has 0 aliphatic carbocycles. The summed E-state index contributed by atoms with van der Waals surface area (Å²) in [5.41, 5.74) is -0.436. The van der Waals surface area contributed by atoms with Gasteiger partial charge in [0.1, 0.15) is 0 Å². The minimum absolute atomic E-state index is 0.251. The smallest absolute Gasteiger partial charge is 0.202 e. The predicted molar refractivity (Wildman–Crippen MR) is 62.2 cm³/mol. The third kappa shape index (κ3) is 2.48. The molecule has 0 saturated heterocycles. The molecule has 0 aliphatic rings. The van der Waals surface area contributed by atoms with Crippen LogP contribution < -0.4 is 0 Å². The summed E-state index contributed by atoms with van der Waals surface area (Å²) in [6, 6.07) is 8.39. The van der Waals surface area contributed by atoms with Crippen LogP contribution in [0.2, 0.25) is 0 Å². The van der Waals surface area contributed by atoms with Crippen molar-refractivity contribution < 1.29 is 8.42 Å². The van der Waals surface area contributed by atoms with Crippen LogP contribution in [0, 0.1) is 5.41 Å². The maximum atomic E-state index is 12.1. The van der Waals surface area contributed by atoms with E-state index >= 15 is 0 Å². The lowest BCUT2D eigenvalue weighted by atomic mass is 9.97. The molecule has 1 aromatic carbocycles. The summed E-state index contributed by atoms with van der Waals surface area (Å²) < 4.78 is 24.2. The Hall–Kier alpha value is -1.09. The zero-order valence-electron chi connectivity index (χ0n) is 9.32. The first kappa shape index (κ1) is 12.0. The molecule has 0 saturated carbocycles. The molecule has 0 fully saturated rings. The van der Waals surface area contributed by atoms with Crippen molar-refractivity contribution in [3.05, 3.63) is 41.8 Å². The van der Waals surface area contributed by atoms with Gasteiger partial charge in [0, 0.05) is 4.91 Å². The number of benzene rings is 1. The van der Waals surface area contributed by atoms with Crippen molar-refractivity contribution in [1.29, 1.82) is 0 Å². The first-order chi connectivity index (χ1) is 6.76. The van der Waals surface area contributed by atoms with E-state index in [-0.39, 0.29) is 4.91 Å². The number of hydrogen-bond acceptors (Lipinski definition) is 2. The van der Waals surface area contributed by atoms with Crippen LogP contribution in [-0.4, -0.2) is 8.42 Å². The van der Waals surface area contributed by atoms with Crippen molar-refractivity contribution in [2.45, 2.75) is 25.7 Å². The topological polar surface area (TPSA) is 34.1 Å². The molecular weight excluding hydrogens is 208 g/mol. The SMILES string of the molecule is C=C(C(C)(C)C)S(=O)(=O)c1ccccc1. The lowest BCUT2D eigenvalue weighted by Gasteiger charge is -2.21. The summed E-state index contributed by atoms with van der Waals surface area (Å²) in [6.07, 6.45) is 0. The van der Waals surface area contributed by atoms with E-state index in [0.717, 1.165) is 0 Å². The van der Waals surface area contributed by atoms with Gasteiger partial charge in [-0.3, -0.25) is 0 Å². The van der Waals surface area contributed by atoms with E-state index in [0.29, 0.717) is 4.90 Å². The van der Waals surface area contributed by atoms with Gasteiger partial charge in [0.2, 0.25) is 9.84 Å². The lowest BCUT2D eigenvalue weighted by Crippen LogP contribution is -2.17. The van der Waals surface area contributed by atoms with Crippen LogP contribution in [0.15, 0.2) is 46.7 Å². The molecule has 0 spiro atoms. The molecule has 0 N–H and O–H groups in total. The summed E-state index contributed by atoms with van der Waals surface area (Å²) in [5, 5.41) is 0. The number of sulfone groups is 1. The normalized spacial score (nSPS) is 12.5. The molecule has 0 aromatic heterocycles. The summed E-state index contributed by atoms with van der Waals surface area (Å²) in [5.74, 6) is 0. The quantitative estimate of drug-likeness (QED) is 0.773. The summed E-state index contributed by atoms with van der Waals surface area (Å²) >= 11 is 0. The molecule has 3 heteroatoms. The summed E-state index contributed by atoms with van der Waals surface area (Å²) in [7, 11) is -3.39. The predicted octanol–water partition coefficient (Wildman–Crippen LogP) is 3.02. The van der Waals surface area contributed by atoms with Crippen LogP contribution in [0.25, 0.3) is 0 Å². The first-order valence-corrected chi connectivity index (χ1v) is 6.24. The third-order valence-corrected chi connectivity index (χ3v) is 4.37. The molecule has 0 atom stereocenters. The van der Waals surface area contributed by atoms with E-state index in [9.17, 15) is 8.42 Å². The molecule has 15 heavy (non-hydrogen) atoms. The zero-order chi connectivity index (χ0) is 11.7. The number of hydrogen-bond donors (Lipinski definition) is 0. The molecule has 0 aliphatic heterocycles. The second kappa shape index (κ2) is 3.81. The molecular formula is C12H16O2S. The molecule has 82 valence electrons. The zero-order valence-corrected chi connectivity index (χ0v) is 10.1. The average molecular weight is 224 g/mol. The molecule has 0 bridgehead atoms. The molecule has 1 aromatic rings. The Bertz CT molecular complexity index is 450. The monoisotopic (exact) mass is 224 g/mol. The summed E-state index contributed by atoms with van der Waals surface area (Å²) in [4.78, 5) is 0.561. The minimum atomic E-state index is -3.39. The van der Waals surface area contributed by atoms with Gasteiger partial charge in [-0.15, -0.1) is 0 Å². The molecule has 2 nitrogen and oxygen atoms in total. The largest absolute Gasteiger partial charge is 0.219 e. The first-order valence-electron chi connectivity index (χ1n) is 4.76. The van der Waals surface area contributed by atoms with Gasteiger partial charge in [0.15, 0.2) is 0 Å². The fourth-order valence-electron chi connectivity index (χ4n) is 1.14. The van der Waals surface area contributed by atoms with Gasteiger partial charge >= 0.3 is 0 Å². The Morgan fingerprint density at radius 1 is 1.13 bits per heavy atom. The number of allylic oxidation sites excluding steroid dienone is 1. The van der Waals surface area contributed by atoms with Crippen LogP contribution in [-0.2, 0) is 9.84 Å². The minimum Gasteiger partial charge on any atom is -0.219 e. The molecule has 0 heterocycles. The van der Waals surface area contributed by atoms with Gasteiger partial charge in [-0.2, -0.15) is 0 Å². The van der Waals surface area contributed by atoms with Crippen LogP contribution in [0.1, 0.15) is 20.8 Å². The van der Waals surface area contributed by atoms with Crippen molar-refractivity contribution in [3.63, 3.8) is 0 Å². The van der Waals surface area contributed by atoms with Crippen LogP contribution in [0.5, 0.6) is 0 Å². The van der Waals surface area contributed by atoms with Gasteiger partial charge in [0.25, 0.3) is 0 Å². The highest BCUT2D eigenvalue weighted by Crippen LogP contribution is 2.32. The number of rotatable bonds is 2. The molecule has 0 amide bonds. The maximum Gasteiger partial charge on any atom is 0.202 e. The Morgan fingerprint density at radius 3 is 2.00 bits per heavy atom. The second-order valence-corrected chi connectivity index (χ2v) is 6.46. The van der Waals surface area contributed by atoms with Gasteiger partial charge in [-0.25, -0.2) is 8.42 Å². The van der Waals surface area contributed by atoms with E-state index in [1.165, 1.54) is 0 Å². The van der Waals surface area contributed by atoms with E-state index in [4.69, 9.17) is 0 Å². The lowest BCUT2D eigenvalue weighted by molar-refractivity contribution is 0.515. The highest BCUT2D eigenvalue weighted by molar-refractivity contribution is 7.95. The second-order valence-electron chi connectivity index (χ2n) is 4.49. The van der Waals surface area contributed by atoms with E-state index in [2.05, 4.69) is 6.58 Å². The van der Waals surface area contributed by atoms with Gasteiger partial charge < -0.3 is 0 Å².